The van der Waals surface area contributed by atoms with Crippen molar-refractivity contribution in [3.05, 3.63) is 65.1 Å². The minimum absolute atomic E-state index is 0.00927. The lowest BCUT2D eigenvalue weighted by Crippen LogP contribution is -2.24. The Balaban J connectivity index is 1.50. The SMILES string of the molecule is CC(C)(C)c1ccc(SCC(=O)NCc2cn3cc(Cl)ccc3n2)cc1. The Bertz CT molecular complexity index is 913. The average molecular weight is 388 g/mol. The number of carbonyl (C=O) groups excluding carboxylic acids is 1. The Morgan fingerprint density at radius 3 is 2.58 bits per heavy atom. The second-order valence-electron chi connectivity index (χ2n) is 7.18. The fraction of sp³-hybridized carbons (Fsp3) is 0.300. The Labute approximate surface area is 163 Å². The minimum Gasteiger partial charge on any atom is -0.350 e. The van der Waals surface area contributed by atoms with Gasteiger partial charge < -0.3 is 9.72 Å². The molecule has 0 saturated heterocycles. The van der Waals surface area contributed by atoms with Crippen LogP contribution in [0.3, 0.4) is 0 Å². The number of thioether (sulfide) groups is 1. The average Bonchev–Trinajstić information content (AvgIpc) is 2.99. The maximum Gasteiger partial charge on any atom is 0.230 e. The van der Waals surface area contributed by atoms with E-state index in [-0.39, 0.29) is 11.3 Å². The summed E-state index contributed by atoms with van der Waals surface area (Å²) in [6, 6.07) is 12.1. The molecule has 2 aromatic heterocycles. The number of carbonyl (C=O) groups is 1. The van der Waals surface area contributed by atoms with Gasteiger partial charge in [-0.15, -0.1) is 11.8 Å². The summed E-state index contributed by atoms with van der Waals surface area (Å²) in [5.74, 6) is 0.374. The number of amides is 1. The van der Waals surface area contributed by atoms with E-state index in [0.717, 1.165) is 16.2 Å². The predicted molar refractivity (Wildman–Crippen MR) is 108 cm³/mol. The van der Waals surface area contributed by atoms with Crippen molar-refractivity contribution in [1.29, 1.82) is 0 Å². The highest BCUT2D eigenvalue weighted by molar-refractivity contribution is 8.00. The van der Waals surface area contributed by atoms with Crippen molar-refractivity contribution in [2.45, 2.75) is 37.6 Å². The van der Waals surface area contributed by atoms with E-state index in [1.54, 1.807) is 12.3 Å². The maximum atomic E-state index is 12.1. The molecule has 1 N–H and O–H groups in total. The molecule has 0 radical (unpaired) electrons. The van der Waals surface area contributed by atoms with Gasteiger partial charge in [-0.25, -0.2) is 4.98 Å². The number of hydrogen-bond donors (Lipinski definition) is 1. The molecule has 0 spiro atoms. The highest BCUT2D eigenvalue weighted by Crippen LogP contribution is 2.25. The molecule has 0 saturated carbocycles. The molecule has 26 heavy (non-hydrogen) atoms. The van der Waals surface area contributed by atoms with Crippen LogP contribution in [-0.2, 0) is 16.8 Å². The van der Waals surface area contributed by atoms with Gasteiger partial charge in [-0.05, 0) is 35.2 Å². The Morgan fingerprint density at radius 1 is 1.15 bits per heavy atom. The number of fused-ring (bicyclic) bond motifs is 1. The summed E-state index contributed by atoms with van der Waals surface area (Å²) in [6.07, 6.45) is 3.67. The number of pyridine rings is 1. The standard InChI is InChI=1S/C20H22ClN3OS/c1-20(2,3)14-4-7-17(8-5-14)26-13-19(25)22-10-16-12-24-11-15(21)6-9-18(24)23-16/h4-9,11-12H,10,13H2,1-3H3,(H,22,25). The summed E-state index contributed by atoms with van der Waals surface area (Å²) in [6.45, 7) is 6.98. The van der Waals surface area contributed by atoms with Crippen molar-refractivity contribution in [3.8, 4) is 0 Å². The molecule has 0 aliphatic rings. The van der Waals surface area contributed by atoms with Gasteiger partial charge in [-0.1, -0.05) is 44.5 Å². The van der Waals surface area contributed by atoms with Gasteiger partial charge in [0.1, 0.15) is 5.65 Å². The molecule has 0 unspecified atom stereocenters. The molecule has 3 rings (SSSR count). The fourth-order valence-electron chi connectivity index (χ4n) is 2.54. The van der Waals surface area contributed by atoms with E-state index in [0.29, 0.717) is 17.3 Å². The quantitative estimate of drug-likeness (QED) is 0.646. The van der Waals surface area contributed by atoms with Crippen LogP contribution in [0.2, 0.25) is 5.02 Å². The molecule has 0 fully saturated rings. The van der Waals surface area contributed by atoms with Crippen LogP contribution in [0.5, 0.6) is 0 Å². The minimum atomic E-state index is -0.00927. The molecule has 6 heteroatoms. The van der Waals surface area contributed by atoms with Crippen LogP contribution in [-0.4, -0.2) is 21.0 Å². The Kier molecular flexibility index (Phi) is 5.58. The number of hydrogen-bond acceptors (Lipinski definition) is 3. The lowest BCUT2D eigenvalue weighted by Gasteiger charge is -2.19. The zero-order valence-corrected chi connectivity index (χ0v) is 16.7. The number of benzene rings is 1. The van der Waals surface area contributed by atoms with Crippen molar-refractivity contribution in [1.82, 2.24) is 14.7 Å². The summed E-state index contributed by atoms with van der Waals surface area (Å²) in [7, 11) is 0. The van der Waals surface area contributed by atoms with Gasteiger partial charge in [0, 0.05) is 17.3 Å². The first-order valence-corrected chi connectivity index (χ1v) is 9.81. The van der Waals surface area contributed by atoms with Crippen molar-refractivity contribution < 1.29 is 4.79 Å². The van der Waals surface area contributed by atoms with E-state index in [1.807, 2.05) is 16.7 Å². The molecule has 2 heterocycles. The highest BCUT2D eigenvalue weighted by atomic mass is 35.5. The summed E-state index contributed by atoms with van der Waals surface area (Å²) < 4.78 is 1.86. The third-order valence-corrected chi connectivity index (χ3v) is 5.26. The second-order valence-corrected chi connectivity index (χ2v) is 8.67. The zero-order valence-electron chi connectivity index (χ0n) is 15.1. The van der Waals surface area contributed by atoms with Gasteiger partial charge in [-0.2, -0.15) is 0 Å². The van der Waals surface area contributed by atoms with E-state index < -0.39 is 0 Å². The van der Waals surface area contributed by atoms with Crippen LogP contribution >= 0.6 is 23.4 Å². The first kappa shape index (κ1) is 18.8. The third kappa shape index (κ3) is 4.80. The van der Waals surface area contributed by atoms with Crippen LogP contribution in [0.1, 0.15) is 32.0 Å². The van der Waals surface area contributed by atoms with Crippen molar-refractivity contribution in [2.75, 3.05) is 5.75 Å². The molecule has 0 aliphatic heterocycles. The van der Waals surface area contributed by atoms with E-state index in [2.05, 4.69) is 55.3 Å². The molecule has 136 valence electrons. The smallest absolute Gasteiger partial charge is 0.230 e. The normalized spacial score (nSPS) is 11.7. The van der Waals surface area contributed by atoms with Crippen molar-refractivity contribution in [3.63, 3.8) is 0 Å². The lowest BCUT2D eigenvalue weighted by molar-refractivity contribution is -0.118. The van der Waals surface area contributed by atoms with E-state index >= 15 is 0 Å². The molecule has 3 aromatic rings. The fourth-order valence-corrected chi connectivity index (χ4v) is 3.44. The summed E-state index contributed by atoms with van der Waals surface area (Å²) in [4.78, 5) is 17.7. The summed E-state index contributed by atoms with van der Waals surface area (Å²) in [5.41, 5.74) is 3.05. The van der Waals surface area contributed by atoms with Crippen molar-refractivity contribution in [2.24, 2.45) is 0 Å². The van der Waals surface area contributed by atoms with Gasteiger partial charge in [-0.3, -0.25) is 4.79 Å². The molecule has 0 atom stereocenters. The summed E-state index contributed by atoms with van der Waals surface area (Å²) in [5, 5.41) is 3.56. The van der Waals surface area contributed by atoms with E-state index in [4.69, 9.17) is 11.6 Å². The molecular formula is C20H22ClN3OS. The number of nitrogens with zero attached hydrogens (tertiary/aromatic N) is 2. The Hall–Kier alpha value is -1.98. The monoisotopic (exact) mass is 387 g/mol. The molecule has 0 bridgehead atoms. The van der Waals surface area contributed by atoms with Crippen LogP contribution in [0.4, 0.5) is 0 Å². The van der Waals surface area contributed by atoms with Gasteiger partial charge in [0.25, 0.3) is 0 Å². The number of halogens is 1. The third-order valence-electron chi connectivity index (χ3n) is 4.02. The van der Waals surface area contributed by atoms with Crippen LogP contribution in [0.15, 0.2) is 53.7 Å². The van der Waals surface area contributed by atoms with Gasteiger partial charge in [0.05, 0.1) is 23.0 Å². The number of rotatable bonds is 5. The predicted octanol–water partition coefficient (Wildman–Crippen LogP) is 4.69. The Morgan fingerprint density at radius 2 is 1.88 bits per heavy atom. The molecule has 1 aromatic carbocycles. The van der Waals surface area contributed by atoms with Gasteiger partial charge in [0.2, 0.25) is 5.91 Å². The molecular weight excluding hydrogens is 366 g/mol. The molecule has 4 nitrogen and oxygen atoms in total. The number of aromatic nitrogens is 2. The van der Waals surface area contributed by atoms with Crippen molar-refractivity contribution >= 4 is 34.9 Å². The topological polar surface area (TPSA) is 46.4 Å². The first-order valence-electron chi connectivity index (χ1n) is 8.44. The maximum absolute atomic E-state index is 12.1. The lowest BCUT2D eigenvalue weighted by atomic mass is 9.87. The van der Waals surface area contributed by atoms with Gasteiger partial charge >= 0.3 is 0 Å². The van der Waals surface area contributed by atoms with Crippen LogP contribution in [0.25, 0.3) is 5.65 Å². The van der Waals surface area contributed by atoms with Crippen LogP contribution < -0.4 is 5.32 Å². The first-order chi connectivity index (χ1) is 12.3. The largest absolute Gasteiger partial charge is 0.350 e. The van der Waals surface area contributed by atoms with E-state index in [1.165, 1.54) is 17.3 Å². The molecule has 1 amide bonds. The number of imidazole rings is 1. The second kappa shape index (κ2) is 7.72. The summed E-state index contributed by atoms with van der Waals surface area (Å²) >= 11 is 7.50. The number of nitrogens with one attached hydrogen (secondary N) is 1. The van der Waals surface area contributed by atoms with Gasteiger partial charge in [0.15, 0.2) is 0 Å². The molecule has 0 aliphatic carbocycles. The van der Waals surface area contributed by atoms with E-state index in [9.17, 15) is 4.79 Å². The highest BCUT2D eigenvalue weighted by Gasteiger charge is 2.13. The zero-order chi connectivity index (χ0) is 18.7. The van der Waals surface area contributed by atoms with Crippen LogP contribution in [0, 0.1) is 0 Å².